The van der Waals surface area contributed by atoms with Crippen molar-refractivity contribution in [1.29, 1.82) is 0 Å². The molecule has 0 bridgehead atoms. The predicted octanol–water partition coefficient (Wildman–Crippen LogP) is 2.66. The van der Waals surface area contributed by atoms with Crippen molar-refractivity contribution in [2.24, 2.45) is 0 Å². The summed E-state index contributed by atoms with van der Waals surface area (Å²) in [6.45, 7) is 0.0793. The van der Waals surface area contributed by atoms with Crippen molar-refractivity contribution in [3.63, 3.8) is 0 Å². The fourth-order valence-electron chi connectivity index (χ4n) is 2.64. The van der Waals surface area contributed by atoms with E-state index >= 15 is 0 Å². The van der Waals surface area contributed by atoms with E-state index in [0.29, 0.717) is 28.1 Å². The van der Waals surface area contributed by atoms with E-state index in [4.69, 9.17) is 9.47 Å². The smallest absolute Gasteiger partial charge is 0.244 e. The molecule has 3 aromatic rings. The zero-order chi connectivity index (χ0) is 17.8. The van der Waals surface area contributed by atoms with Crippen LogP contribution in [0, 0.1) is 0 Å². The Labute approximate surface area is 144 Å². The minimum Gasteiger partial charge on any atom is -0.497 e. The number of amides is 1. The molecule has 0 saturated heterocycles. The standard InChI is InChI=1S/C19H18N2O4/c1-24-13-7-8-15(18(11-13)25-2)20-19(23)12-21-10-9-17(22)14-5-3-4-6-16(14)21/h3-11H,12H2,1-2H3,(H,20,23). The van der Waals surface area contributed by atoms with Gasteiger partial charge in [-0.3, -0.25) is 9.59 Å². The first kappa shape index (κ1) is 16.6. The Morgan fingerprint density at radius 1 is 1.08 bits per heavy atom. The molecule has 1 N–H and O–H groups in total. The molecule has 6 nitrogen and oxygen atoms in total. The monoisotopic (exact) mass is 338 g/mol. The van der Waals surface area contributed by atoms with E-state index in [1.54, 1.807) is 48.2 Å². The maximum absolute atomic E-state index is 12.4. The Balaban J connectivity index is 1.84. The van der Waals surface area contributed by atoms with Crippen molar-refractivity contribution < 1.29 is 14.3 Å². The maximum atomic E-state index is 12.4. The minimum absolute atomic E-state index is 0.0657. The largest absolute Gasteiger partial charge is 0.497 e. The summed E-state index contributed by atoms with van der Waals surface area (Å²) >= 11 is 0. The molecule has 1 amide bonds. The molecule has 1 aromatic heterocycles. The molecule has 3 rings (SSSR count). The van der Waals surface area contributed by atoms with Gasteiger partial charge < -0.3 is 19.4 Å². The van der Waals surface area contributed by atoms with Crippen LogP contribution in [0.1, 0.15) is 0 Å². The number of nitrogens with one attached hydrogen (secondary N) is 1. The van der Waals surface area contributed by atoms with E-state index in [1.165, 1.54) is 13.2 Å². The lowest BCUT2D eigenvalue weighted by Gasteiger charge is -2.13. The van der Waals surface area contributed by atoms with Crippen molar-refractivity contribution in [3.8, 4) is 11.5 Å². The summed E-state index contributed by atoms with van der Waals surface area (Å²) in [6.07, 6.45) is 1.62. The average molecular weight is 338 g/mol. The van der Waals surface area contributed by atoms with Crippen LogP contribution in [0.3, 0.4) is 0 Å². The quantitative estimate of drug-likeness (QED) is 0.776. The van der Waals surface area contributed by atoms with Crippen LogP contribution >= 0.6 is 0 Å². The zero-order valence-electron chi connectivity index (χ0n) is 14.0. The van der Waals surface area contributed by atoms with Crippen LogP contribution < -0.4 is 20.2 Å². The first-order valence-corrected chi connectivity index (χ1v) is 7.72. The summed E-state index contributed by atoms with van der Waals surface area (Å²) in [4.78, 5) is 24.3. The first-order valence-electron chi connectivity index (χ1n) is 7.72. The van der Waals surface area contributed by atoms with Crippen LogP contribution in [-0.4, -0.2) is 24.7 Å². The van der Waals surface area contributed by atoms with Gasteiger partial charge in [0.1, 0.15) is 18.0 Å². The summed E-state index contributed by atoms with van der Waals surface area (Å²) in [5.74, 6) is 0.927. The van der Waals surface area contributed by atoms with Crippen LogP contribution in [0.15, 0.2) is 59.5 Å². The first-order chi connectivity index (χ1) is 12.1. The number of fused-ring (bicyclic) bond motifs is 1. The Bertz CT molecular complexity index is 979. The number of aromatic nitrogens is 1. The number of ether oxygens (including phenoxy) is 2. The summed E-state index contributed by atoms with van der Waals surface area (Å²) < 4.78 is 12.2. The van der Waals surface area contributed by atoms with Crippen LogP contribution in [-0.2, 0) is 11.3 Å². The van der Waals surface area contributed by atoms with Crippen LogP contribution in [0.4, 0.5) is 5.69 Å². The second kappa shape index (κ2) is 7.09. The molecule has 0 fully saturated rings. The number of anilines is 1. The Morgan fingerprint density at radius 2 is 1.88 bits per heavy atom. The Morgan fingerprint density at radius 3 is 2.64 bits per heavy atom. The van der Waals surface area contributed by atoms with Gasteiger partial charge in [0.25, 0.3) is 0 Å². The van der Waals surface area contributed by atoms with E-state index in [1.807, 2.05) is 12.1 Å². The van der Waals surface area contributed by atoms with Crippen molar-refractivity contribution in [1.82, 2.24) is 4.57 Å². The molecule has 0 saturated carbocycles. The molecule has 0 aliphatic rings. The third kappa shape index (κ3) is 3.47. The second-order valence-corrected chi connectivity index (χ2v) is 5.44. The summed E-state index contributed by atoms with van der Waals surface area (Å²) in [5, 5.41) is 3.41. The van der Waals surface area contributed by atoms with Crippen molar-refractivity contribution in [2.75, 3.05) is 19.5 Å². The number of hydrogen-bond acceptors (Lipinski definition) is 4. The lowest BCUT2D eigenvalue weighted by Crippen LogP contribution is -2.20. The molecule has 0 radical (unpaired) electrons. The maximum Gasteiger partial charge on any atom is 0.244 e. The summed E-state index contributed by atoms with van der Waals surface area (Å²) in [6, 6.07) is 13.8. The second-order valence-electron chi connectivity index (χ2n) is 5.44. The van der Waals surface area contributed by atoms with Crippen molar-refractivity contribution in [3.05, 3.63) is 65.0 Å². The van der Waals surface area contributed by atoms with Gasteiger partial charge in [-0.1, -0.05) is 12.1 Å². The molecule has 0 aliphatic carbocycles. The van der Waals surface area contributed by atoms with Gasteiger partial charge in [0.15, 0.2) is 5.43 Å². The van der Waals surface area contributed by atoms with Crippen LogP contribution in [0.2, 0.25) is 0 Å². The lowest BCUT2D eigenvalue weighted by atomic mass is 10.2. The molecular formula is C19H18N2O4. The summed E-state index contributed by atoms with van der Waals surface area (Å²) in [5.41, 5.74) is 1.20. The highest BCUT2D eigenvalue weighted by atomic mass is 16.5. The normalized spacial score (nSPS) is 10.5. The number of para-hydroxylation sites is 1. The number of methoxy groups -OCH3 is 2. The van der Waals surface area contributed by atoms with Crippen LogP contribution in [0.5, 0.6) is 11.5 Å². The average Bonchev–Trinajstić information content (AvgIpc) is 2.64. The molecule has 2 aromatic carbocycles. The van der Waals surface area contributed by atoms with Crippen molar-refractivity contribution >= 4 is 22.5 Å². The number of carbonyl (C=O) groups is 1. The Kier molecular flexibility index (Phi) is 4.70. The highest BCUT2D eigenvalue weighted by molar-refractivity contribution is 5.93. The number of benzene rings is 2. The number of hydrogen-bond donors (Lipinski definition) is 1. The fourth-order valence-corrected chi connectivity index (χ4v) is 2.64. The molecule has 0 unspecified atom stereocenters. The van der Waals surface area contributed by atoms with Gasteiger partial charge in [0.2, 0.25) is 5.91 Å². The van der Waals surface area contributed by atoms with E-state index < -0.39 is 0 Å². The van der Waals surface area contributed by atoms with Crippen molar-refractivity contribution in [2.45, 2.75) is 6.54 Å². The molecule has 25 heavy (non-hydrogen) atoms. The molecule has 6 heteroatoms. The number of pyridine rings is 1. The highest BCUT2D eigenvalue weighted by Gasteiger charge is 2.11. The molecule has 0 aliphatic heterocycles. The van der Waals surface area contributed by atoms with Gasteiger partial charge in [-0.25, -0.2) is 0 Å². The zero-order valence-corrected chi connectivity index (χ0v) is 14.0. The summed E-state index contributed by atoms with van der Waals surface area (Å²) in [7, 11) is 3.09. The van der Waals surface area contributed by atoms with E-state index in [-0.39, 0.29) is 17.9 Å². The topological polar surface area (TPSA) is 69.6 Å². The fraction of sp³-hybridized carbons (Fsp3) is 0.158. The van der Waals surface area contributed by atoms with Gasteiger partial charge in [0, 0.05) is 23.7 Å². The van der Waals surface area contributed by atoms with E-state index in [9.17, 15) is 9.59 Å². The lowest BCUT2D eigenvalue weighted by molar-refractivity contribution is -0.116. The molecule has 0 spiro atoms. The molecular weight excluding hydrogens is 320 g/mol. The van der Waals surface area contributed by atoms with Gasteiger partial charge >= 0.3 is 0 Å². The number of carbonyl (C=O) groups excluding carboxylic acids is 1. The van der Waals surface area contributed by atoms with Gasteiger partial charge in [-0.05, 0) is 24.3 Å². The van der Waals surface area contributed by atoms with E-state index in [0.717, 1.165) is 0 Å². The molecule has 1 heterocycles. The Hall–Kier alpha value is -3.28. The number of rotatable bonds is 5. The number of nitrogens with zero attached hydrogens (tertiary/aromatic N) is 1. The third-order valence-corrected chi connectivity index (χ3v) is 3.88. The predicted molar refractivity (Wildman–Crippen MR) is 96.4 cm³/mol. The molecule has 0 atom stereocenters. The highest BCUT2D eigenvalue weighted by Crippen LogP contribution is 2.29. The van der Waals surface area contributed by atoms with Crippen LogP contribution in [0.25, 0.3) is 10.9 Å². The molecule has 128 valence electrons. The van der Waals surface area contributed by atoms with E-state index in [2.05, 4.69) is 5.32 Å². The van der Waals surface area contributed by atoms with Gasteiger partial charge in [-0.2, -0.15) is 0 Å². The SMILES string of the molecule is COc1ccc(NC(=O)Cn2ccc(=O)c3ccccc32)c(OC)c1. The minimum atomic E-state index is -0.225. The van der Waals surface area contributed by atoms with Gasteiger partial charge in [-0.15, -0.1) is 0 Å². The van der Waals surface area contributed by atoms with Gasteiger partial charge in [0.05, 0.1) is 25.4 Å². The third-order valence-electron chi connectivity index (χ3n) is 3.88.